The van der Waals surface area contributed by atoms with Crippen LogP contribution in [0.4, 0.5) is 0 Å². The van der Waals surface area contributed by atoms with Gasteiger partial charge in [-0.05, 0) is 117 Å². The summed E-state index contributed by atoms with van der Waals surface area (Å²) in [5.74, 6) is 3.98. The van der Waals surface area contributed by atoms with E-state index in [4.69, 9.17) is 8.92 Å². The lowest BCUT2D eigenvalue weighted by Crippen LogP contribution is -2.57. The van der Waals surface area contributed by atoms with Crippen LogP contribution in [0.25, 0.3) is 0 Å². The Morgan fingerprint density at radius 2 is 1.77 bits per heavy atom. The molecule has 4 nitrogen and oxygen atoms in total. The van der Waals surface area contributed by atoms with Gasteiger partial charge in [0.1, 0.15) is 0 Å². The first-order chi connectivity index (χ1) is 16.6. The summed E-state index contributed by atoms with van der Waals surface area (Å²) in [6.07, 6.45) is 11.0. The molecule has 0 heterocycles. The largest absolute Gasteiger partial charge is 0.381 e. The molecule has 1 spiro atoms. The van der Waals surface area contributed by atoms with Gasteiger partial charge in [0.25, 0.3) is 10.1 Å². The smallest absolute Gasteiger partial charge is 0.296 e. The lowest BCUT2D eigenvalue weighted by molar-refractivity contribution is -0.161. The summed E-state index contributed by atoms with van der Waals surface area (Å²) >= 11 is 0. The number of methoxy groups -OCH3 is 1. The normalized spacial score (nSPS) is 46.9. The maximum Gasteiger partial charge on any atom is 0.296 e. The molecule has 5 fully saturated rings. The summed E-state index contributed by atoms with van der Waals surface area (Å²) in [7, 11) is -1.76. The highest BCUT2D eigenvalue weighted by Gasteiger charge is 2.77. The third-order valence-corrected chi connectivity index (χ3v) is 13.7. The first-order valence-corrected chi connectivity index (χ1v) is 15.5. The Hall–Kier alpha value is -0.910. The fourth-order valence-corrected chi connectivity index (χ4v) is 11.6. The Morgan fingerprint density at radius 1 is 1.03 bits per heavy atom. The molecule has 0 saturated heterocycles. The van der Waals surface area contributed by atoms with Gasteiger partial charge in [-0.2, -0.15) is 8.42 Å². The van der Waals surface area contributed by atoms with Crippen molar-refractivity contribution in [1.29, 1.82) is 0 Å². The number of benzene rings is 1. The van der Waals surface area contributed by atoms with E-state index in [2.05, 4.69) is 20.8 Å². The molecule has 0 radical (unpaired) electrons. The fraction of sp³-hybridized carbons (Fsp3) is 0.800. The standard InChI is InChI=1S/C30H44O4S/c1-19-6-8-22(9-7-19)35(31,32)34-18-20(2)24-10-11-25-23-16-27(33-5)30-17-21(30)12-15-29(30,4)26(23)13-14-28(24,25)3/h6-9,20-21,23-27H,10-18H2,1-5H3/t20-,21?,23+,24-,25+,26+,27-,28-,29-,30?/m1/s1. The van der Waals surface area contributed by atoms with Gasteiger partial charge in [0.15, 0.2) is 0 Å². The summed E-state index contributed by atoms with van der Waals surface area (Å²) < 4.78 is 37.5. The minimum Gasteiger partial charge on any atom is -0.381 e. The summed E-state index contributed by atoms with van der Waals surface area (Å²) in [5, 5.41) is 0. The Labute approximate surface area is 212 Å². The van der Waals surface area contributed by atoms with Crippen LogP contribution in [0.15, 0.2) is 29.2 Å². The van der Waals surface area contributed by atoms with E-state index in [0.717, 1.165) is 29.2 Å². The molecule has 0 N–H and O–H groups in total. The third-order valence-electron chi connectivity index (χ3n) is 12.4. The molecule has 0 aromatic heterocycles. The molecule has 5 aliphatic carbocycles. The number of hydrogen-bond acceptors (Lipinski definition) is 4. The van der Waals surface area contributed by atoms with Crippen molar-refractivity contribution in [3.8, 4) is 0 Å². The van der Waals surface area contributed by atoms with E-state index in [1.165, 1.54) is 51.4 Å². The molecule has 35 heavy (non-hydrogen) atoms. The van der Waals surface area contributed by atoms with E-state index in [9.17, 15) is 8.42 Å². The molecule has 194 valence electrons. The molecule has 0 bridgehead atoms. The first kappa shape index (κ1) is 24.4. The number of ether oxygens (including phenoxy) is 1. The maximum absolute atomic E-state index is 12.8. The molecular weight excluding hydrogens is 456 g/mol. The molecule has 6 rings (SSSR count). The average molecular weight is 501 g/mol. The van der Waals surface area contributed by atoms with E-state index in [1.807, 2.05) is 26.2 Å². The summed E-state index contributed by atoms with van der Waals surface area (Å²) in [6, 6.07) is 6.97. The van der Waals surface area contributed by atoms with Gasteiger partial charge in [0.05, 0.1) is 17.6 Å². The molecule has 1 aromatic rings. The Kier molecular flexibility index (Phi) is 5.61. The molecule has 0 aliphatic heterocycles. The molecular formula is C30H44O4S. The van der Waals surface area contributed by atoms with Gasteiger partial charge in [-0.15, -0.1) is 0 Å². The molecule has 2 unspecified atom stereocenters. The molecule has 0 amide bonds. The van der Waals surface area contributed by atoms with Crippen LogP contribution in [-0.4, -0.2) is 28.2 Å². The van der Waals surface area contributed by atoms with E-state index in [-0.39, 0.29) is 22.8 Å². The second-order valence-electron chi connectivity index (χ2n) is 13.5. The predicted molar refractivity (Wildman–Crippen MR) is 137 cm³/mol. The average Bonchev–Trinajstić information content (AvgIpc) is 3.34. The SMILES string of the molecule is CO[C@@H]1C[C@H]2[C@@H]3CC[C@H]([C@H](C)COS(=O)(=O)c4ccc(C)cc4)[C@@]3(C)CC[C@@H]2[C@@]2(C)CCC3CC312. The second kappa shape index (κ2) is 8.04. The van der Waals surface area contributed by atoms with Crippen molar-refractivity contribution >= 4 is 10.1 Å². The maximum atomic E-state index is 12.8. The fourth-order valence-electron chi connectivity index (χ4n) is 10.6. The topological polar surface area (TPSA) is 52.6 Å². The minimum atomic E-state index is -3.72. The highest BCUT2D eigenvalue weighted by Crippen LogP contribution is 2.82. The molecule has 5 heteroatoms. The van der Waals surface area contributed by atoms with Crippen molar-refractivity contribution < 1.29 is 17.3 Å². The molecule has 10 atom stereocenters. The summed E-state index contributed by atoms with van der Waals surface area (Å²) in [5.41, 5.74) is 2.25. The van der Waals surface area contributed by atoms with Crippen LogP contribution in [-0.2, 0) is 19.0 Å². The van der Waals surface area contributed by atoms with Crippen molar-refractivity contribution in [2.45, 2.75) is 90.1 Å². The Balaban J connectivity index is 1.18. The molecule has 5 aliphatic rings. The highest BCUT2D eigenvalue weighted by atomic mass is 32.2. The zero-order chi connectivity index (χ0) is 24.8. The number of hydrogen-bond donors (Lipinski definition) is 0. The van der Waals surface area contributed by atoms with Gasteiger partial charge in [-0.25, -0.2) is 0 Å². The van der Waals surface area contributed by atoms with Gasteiger partial charge >= 0.3 is 0 Å². The minimum absolute atomic E-state index is 0.227. The Bertz CT molecular complexity index is 1080. The van der Waals surface area contributed by atoms with Crippen molar-refractivity contribution in [3.05, 3.63) is 29.8 Å². The van der Waals surface area contributed by atoms with Gasteiger partial charge in [0.2, 0.25) is 0 Å². The third kappa shape index (κ3) is 3.32. The van der Waals surface area contributed by atoms with Gasteiger partial charge in [-0.3, -0.25) is 4.18 Å². The van der Waals surface area contributed by atoms with Crippen molar-refractivity contribution in [2.24, 2.45) is 51.8 Å². The van der Waals surface area contributed by atoms with Gasteiger partial charge < -0.3 is 4.74 Å². The highest BCUT2D eigenvalue weighted by molar-refractivity contribution is 7.86. The van der Waals surface area contributed by atoms with Crippen molar-refractivity contribution in [2.75, 3.05) is 13.7 Å². The van der Waals surface area contributed by atoms with Crippen LogP contribution < -0.4 is 0 Å². The lowest BCUT2D eigenvalue weighted by atomic mass is 9.45. The monoisotopic (exact) mass is 500 g/mol. The summed E-state index contributed by atoms with van der Waals surface area (Å²) in [6.45, 7) is 9.61. The lowest BCUT2D eigenvalue weighted by Gasteiger charge is -2.61. The summed E-state index contributed by atoms with van der Waals surface area (Å²) in [4.78, 5) is 0.260. The zero-order valence-electron chi connectivity index (χ0n) is 22.3. The zero-order valence-corrected chi connectivity index (χ0v) is 23.1. The second-order valence-corrected chi connectivity index (χ2v) is 15.1. The van der Waals surface area contributed by atoms with Crippen molar-refractivity contribution in [1.82, 2.24) is 0 Å². The van der Waals surface area contributed by atoms with Crippen LogP contribution in [0.3, 0.4) is 0 Å². The number of aryl methyl sites for hydroxylation is 1. The van der Waals surface area contributed by atoms with Crippen LogP contribution in [0.5, 0.6) is 0 Å². The van der Waals surface area contributed by atoms with Crippen LogP contribution in [0.1, 0.15) is 77.7 Å². The van der Waals surface area contributed by atoms with Crippen molar-refractivity contribution in [3.63, 3.8) is 0 Å². The number of fused-ring (bicyclic) bond motifs is 4. The quantitative estimate of drug-likeness (QED) is 0.412. The van der Waals surface area contributed by atoms with Gasteiger partial charge in [0, 0.05) is 12.5 Å². The van der Waals surface area contributed by atoms with Crippen LogP contribution in [0.2, 0.25) is 0 Å². The molecule has 5 saturated carbocycles. The van der Waals surface area contributed by atoms with E-state index < -0.39 is 10.1 Å². The molecule has 1 aromatic carbocycles. The van der Waals surface area contributed by atoms with E-state index in [0.29, 0.717) is 22.9 Å². The van der Waals surface area contributed by atoms with E-state index in [1.54, 1.807) is 12.1 Å². The number of rotatable bonds is 6. The van der Waals surface area contributed by atoms with Gasteiger partial charge in [-0.1, -0.05) is 38.5 Å². The predicted octanol–water partition coefficient (Wildman–Crippen LogP) is 6.62. The Morgan fingerprint density at radius 3 is 2.46 bits per heavy atom. The van der Waals surface area contributed by atoms with Crippen LogP contribution >= 0.6 is 0 Å². The van der Waals surface area contributed by atoms with Crippen LogP contribution in [0, 0.1) is 58.7 Å². The van der Waals surface area contributed by atoms with E-state index >= 15 is 0 Å². The first-order valence-electron chi connectivity index (χ1n) is 14.1.